The molecule has 26 heavy (non-hydrogen) atoms. The molecule has 5 rings (SSSR count). The normalized spacial score (nSPS) is 28.4. The maximum atomic E-state index is 10.7. The van der Waals surface area contributed by atoms with Crippen LogP contribution in [0.15, 0.2) is 12.1 Å². The summed E-state index contributed by atoms with van der Waals surface area (Å²) in [5.74, 6) is -0.728. The molecule has 3 aliphatic rings. The monoisotopic (exact) mass is 356 g/mol. The van der Waals surface area contributed by atoms with Crippen LogP contribution in [0.2, 0.25) is 0 Å². The van der Waals surface area contributed by atoms with Gasteiger partial charge in [0.2, 0.25) is 0 Å². The first-order valence-corrected chi connectivity index (χ1v) is 9.20. The van der Waals surface area contributed by atoms with Gasteiger partial charge < -0.3 is 30.2 Å². The average molecular weight is 356 g/mol. The summed E-state index contributed by atoms with van der Waals surface area (Å²) in [6, 6.07) is 3.63. The molecule has 2 unspecified atom stereocenters. The summed E-state index contributed by atoms with van der Waals surface area (Å²) in [5.41, 5.74) is 5.07. The molecular formula is C20H24N2O4+2. The smallest absolute Gasteiger partial charge is 0.171 e. The van der Waals surface area contributed by atoms with Crippen LogP contribution in [0.25, 0.3) is 11.1 Å². The molecule has 0 saturated carbocycles. The van der Waals surface area contributed by atoms with Crippen LogP contribution >= 0.6 is 0 Å². The van der Waals surface area contributed by atoms with Gasteiger partial charge >= 0.3 is 0 Å². The van der Waals surface area contributed by atoms with Crippen LogP contribution in [0, 0.1) is 0 Å². The second-order valence-corrected chi connectivity index (χ2v) is 8.03. The molecule has 0 saturated heterocycles. The molecule has 0 aromatic heterocycles. The Morgan fingerprint density at radius 2 is 1.12 bits per heavy atom. The lowest BCUT2D eigenvalue weighted by Gasteiger charge is -2.45. The lowest BCUT2D eigenvalue weighted by Crippen LogP contribution is -3.19. The zero-order chi connectivity index (χ0) is 18.3. The highest BCUT2D eigenvalue weighted by molar-refractivity contribution is 5.89. The van der Waals surface area contributed by atoms with Crippen molar-refractivity contribution in [3.05, 3.63) is 34.4 Å². The van der Waals surface area contributed by atoms with Crippen LogP contribution < -0.4 is 9.80 Å². The number of nitrogens with one attached hydrogen (secondary N) is 2. The predicted molar refractivity (Wildman–Crippen MR) is 94.9 cm³/mol. The molecule has 2 aromatic rings. The highest BCUT2D eigenvalue weighted by Gasteiger charge is 2.51. The molecule has 2 aliphatic heterocycles. The molecule has 0 spiro atoms. The van der Waals surface area contributed by atoms with Crippen molar-refractivity contribution in [1.82, 2.24) is 0 Å². The third kappa shape index (κ3) is 1.78. The molecule has 4 atom stereocenters. The summed E-state index contributed by atoms with van der Waals surface area (Å²) in [5, 5.41) is 42.1. The predicted octanol–water partition coefficient (Wildman–Crippen LogP) is -0.587. The van der Waals surface area contributed by atoms with Crippen molar-refractivity contribution in [3.63, 3.8) is 0 Å². The number of phenolic OH excluding ortho intramolecular Hbond substituents is 4. The fourth-order valence-electron chi connectivity index (χ4n) is 5.45. The lowest BCUT2D eigenvalue weighted by atomic mass is 9.70. The van der Waals surface area contributed by atoms with Crippen molar-refractivity contribution in [2.45, 2.75) is 24.9 Å². The molecule has 0 radical (unpaired) electrons. The van der Waals surface area contributed by atoms with E-state index in [9.17, 15) is 20.4 Å². The summed E-state index contributed by atoms with van der Waals surface area (Å²) >= 11 is 0. The van der Waals surface area contributed by atoms with E-state index in [2.05, 4.69) is 14.1 Å². The minimum atomic E-state index is -0.201. The number of rotatable bonds is 0. The van der Waals surface area contributed by atoms with Crippen molar-refractivity contribution < 1.29 is 30.2 Å². The summed E-state index contributed by atoms with van der Waals surface area (Å²) in [6.45, 7) is 1.92. The Morgan fingerprint density at radius 1 is 0.731 bits per heavy atom. The van der Waals surface area contributed by atoms with Gasteiger partial charge in [-0.15, -0.1) is 0 Å². The number of likely N-dealkylation sites (N-methyl/N-ethyl adjacent to an activating group) is 2. The first kappa shape index (κ1) is 15.8. The Kier molecular flexibility index (Phi) is 3.07. The van der Waals surface area contributed by atoms with Gasteiger partial charge in [0.05, 0.1) is 27.2 Å². The van der Waals surface area contributed by atoms with Gasteiger partial charge in [0, 0.05) is 35.1 Å². The Balaban J connectivity index is 1.97. The van der Waals surface area contributed by atoms with E-state index in [0.717, 1.165) is 48.2 Å². The maximum absolute atomic E-state index is 10.7. The molecule has 0 fully saturated rings. The third-order valence-corrected chi connectivity index (χ3v) is 6.66. The van der Waals surface area contributed by atoms with Crippen molar-refractivity contribution in [2.75, 3.05) is 27.2 Å². The van der Waals surface area contributed by atoms with Gasteiger partial charge in [0.15, 0.2) is 35.1 Å². The number of quaternary nitrogens is 2. The standard InChI is InChI=1S/C20H22N2O4/c1-21-5-3-9-7-11(23)19(25)15-13(9)17(21)18-14-10(4-6-22(18)2)8-12(24)20(26)16(14)15/h7-8,17-18,23-26H,3-6H2,1-2H3/p+2/t17-,18-/m0/s1. The molecule has 2 heterocycles. The second kappa shape index (κ2) is 5.05. The van der Waals surface area contributed by atoms with E-state index in [1.807, 2.05) is 0 Å². The summed E-state index contributed by atoms with van der Waals surface area (Å²) in [7, 11) is 4.35. The van der Waals surface area contributed by atoms with Crippen LogP contribution in [-0.2, 0) is 12.8 Å². The first-order valence-electron chi connectivity index (χ1n) is 9.20. The van der Waals surface area contributed by atoms with Gasteiger partial charge in [0.25, 0.3) is 0 Å². The Labute approximate surface area is 151 Å². The van der Waals surface area contributed by atoms with Crippen LogP contribution in [0.5, 0.6) is 23.0 Å². The molecular weight excluding hydrogens is 332 g/mol. The zero-order valence-electron chi connectivity index (χ0n) is 14.9. The fourth-order valence-corrected chi connectivity index (χ4v) is 5.45. The topological polar surface area (TPSA) is 89.8 Å². The molecule has 0 bridgehead atoms. The molecule has 0 amide bonds. The number of fused-ring (bicyclic) bond motifs is 2. The fraction of sp³-hybridized carbons (Fsp3) is 0.400. The van der Waals surface area contributed by atoms with E-state index in [1.54, 1.807) is 12.1 Å². The van der Waals surface area contributed by atoms with Gasteiger partial charge in [-0.25, -0.2) is 0 Å². The molecule has 2 aromatic carbocycles. The Hall–Kier alpha value is -2.44. The van der Waals surface area contributed by atoms with E-state index in [-0.39, 0.29) is 35.1 Å². The first-order chi connectivity index (χ1) is 12.4. The SMILES string of the molecule is C[NH+]1CCc2cc(O)c(O)c3c2[C@H]1[C@@H]1c2c(cc(O)c(O)c2-3)CC[NH+]1C. The molecule has 1 aliphatic carbocycles. The van der Waals surface area contributed by atoms with E-state index >= 15 is 0 Å². The quantitative estimate of drug-likeness (QED) is 0.356. The lowest BCUT2D eigenvalue weighted by molar-refractivity contribution is -0.990. The van der Waals surface area contributed by atoms with Crippen LogP contribution in [0.4, 0.5) is 0 Å². The minimum Gasteiger partial charge on any atom is -0.504 e. The van der Waals surface area contributed by atoms with Crippen LogP contribution in [0.1, 0.15) is 34.3 Å². The van der Waals surface area contributed by atoms with Crippen LogP contribution in [0.3, 0.4) is 0 Å². The van der Waals surface area contributed by atoms with E-state index in [0.29, 0.717) is 11.1 Å². The summed E-state index contributed by atoms with van der Waals surface area (Å²) in [6.07, 6.45) is 1.62. The van der Waals surface area contributed by atoms with Gasteiger partial charge in [-0.1, -0.05) is 0 Å². The van der Waals surface area contributed by atoms with E-state index in [1.165, 1.54) is 9.80 Å². The van der Waals surface area contributed by atoms with Gasteiger partial charge in [-0.05, 0) is 23.3 Å². The van der Waals surface area contributed by atoms with Gasteiger partial charge in [-0.3, -0.25) is 0 Å². The highest BCUT2D eigenvalue weighted by atomic mass is 16.3. The number of benzene rings is 2. The Morgan fingerprint density at radius 3 is 1.50 bits per heavy atom. The van der Waals surface area contributed by atoms with Gasteiger partial charge in [-0.2, -0.15) is 0 Å². The third-order valence-electron chi connectivity index (χ3n) is 6.66. The van der Waals surface area contributed by atoms with Crippen molar-refractivity contribution in [3.8, 4) is 34.1 Å². The van der Waals surface area contributed by atoms with Crippen molar-refractivity contribution >= 4 is 0 Å². The number of hydrogen-bond acceptors (Lipinski definition) is 4. The van der Waals surface area contributed by atoms with Crippen LogP contribution in [-0.4, -0.2) is 47.6 Å². The van der Waals surface area contributed by atoms with Crippen molar-refractivity contribution in [2.24, 2.45) is 0 Å². The highest BCUT2D eigenvalue weighted by Crippen LogP contribution is 2.57. The number of phenols is 4. The van der Waals surface area contributed by atoms with E-state index in [4.69, 9.17) is 0 Å². The number of hydrogen-bond donors (Lipinski definition) is 6. The van der Waals surface area contributed by atoms with Crippen molar-refractivity contribution in [1.29, 1.82) is 0 Å². The summed E-state index contributed by atoms with van der Waals surface area (Å²) in [4.78, 5) is 2.75. The average Bonchev–Trinajstić information content (AvgIpc) is 2.61. The molecule has 6 N–H and O–H groups in total. The van der Waals surface area contributed by atoms with E-state index < -0.39 is 0 Å². The van der Waals surface area contributed by atoms with Gasteiger partial charge in [0.1, 0.15) is 0 Å². The summed E-state index contributed by atoms with van der Waals surface area (Å²) < 4.78 is 0. The maximum Gasteiger partial charge on any atom is 0.171 e. The minimum absolute atomic E-state index is 0.149. The molecule has 136 valence electrons. The molecule has 6 heteroatoms. The molecule has 6 nitrogen and oxygen atoms in total. The number of aromatic hydroxyl groups is 4. The largest absolute Gasteiger partial charge is 0.504 e. The zero-order valence-corrected chi connectivity index (χ0v) is 14.9. The Bertz CT molecular complexity index is 878. The second-order valence-electron chi connectivity index (χ2n) is 8.03.